The summed E-state index contributed by atoms with van der Waals surface area (Å²) in [7, 11) is 0. The molecule has 2 bridgehead atoms. The highest BCUT2D eigenvalue weighted by Gasteiger charge is 2.67. The number of carbonyl (C=O) groups excluding carboxylic acids is 2. The van der Waals surface area contributed by atoms with Crippen molar-refractivity contribution in [1.29, 1.82) is 0 Å². The van der Waals surface area contributed by atoms with Gasteiger partial charge < -0.3 is 4.74 Å². The van der Waals surface area contributed by atoms with Crippen LogP contribution in [0.15, 0.2) is 108 Å². The second-order valence-corrected chi connectivity index (χ2v) is 10.1. The Morgan fingerprint density at radius 1 is 0.789 bits per heavy atom. The van der Waals surface area contributed by atoms with Crippen LogP contribution in [0.1, 0.15) is 35.1 Å². The fraction of sp³-hybridized carbons (Fsp3) is 0.182. The second kappa shape index (κ2) is 8.52. The molecule has 4 aliphatic rings. The van der Waals surface area contributed by atoms with Crippen molar-refractivity contribution in [1.82, 2.24) is 0 Å². The zero-order valence-electron chi connectivity index (χ0n) is 21.0. The van der Waals surface area contributed by atoms with Crippen molar-refractivity contribution in [3.63, 3.8) is 0 Å². The lowest BCUT2D eigenvalue weighted by Crippen LogP contribution is -2.54. The summed E-state index contributed by atoms with van der Waals surface area (Å²) in [6.07, 6.45) is 1.93. The van der Waals surface area contributed by atoms with Gasteiger partial charge in [0.2, 0.25) is 11.8 Å². The van der Waals surface area contributed by atoms with Crippen LogP contribution in [0.4, 0.5) is 11.4 Å². The van der Waals surface area contributed by atoms with Gasteiger partial charge in [-0.2, -0.15) is 0 Å². The van der Waals surface area contributed by atoms with E-state index in [-0.39, 0.29) is 17.7 Å². The minimum atomic E-state index is -0.866. The topological polar surface area (TPSA) is 59.0 Å². The highest BCUT2D eigenvalue weighted by Crippen LogP contribution is 2.63. The summed E-state index contributed by atoms with van der Waals surface area (Å²) in [4.78, 5) is 34.9. The average molecular weight is 499 g/mol. The first-order valence-corrected chi connectivity index (χ1v) is 13.0. The van der Waals surface area contributed by atoms with Crippen LogP contribution in [-0.4, -0.2) is 24.6 Å². The first kappa shape index (κ1) is 22.7. The van der Waals surface area contributed by atoms with Crippen molar-refractivity contribution in [3.05, 3.63) is 125 Å². The number of para-hydroxylation sites is 1. The number of nitrogens with zero attached hydrogens (tertiary/aromatic N) is 2. The smallest absolute Gasteiger partial charge is 0.239 e. The largest absolute Gasteiger partial charge is 0.494 e. The summed E-state index contributed by atoms with van der Waals surface area (Å²) in [5.74, 6) is -0.930. The third-order valence-corrected chi connectivity index (χ3v) is 8.26. The van der Waals surface area contributed by atoms with Crippen molar-refractivity contribution in [2.75, 3.05) is 11.5 Å². The SMILES string of the molecule is CCOc1ccc(N2C(=O)[C@H]3C4c5ccccc5C(C=Nc5ccccc5)(c5ccccc54)[C@H]3C2=O)cc1. The van der Waals surface area contributed by atoms with Gasteiger partial charge in [0.15, 0.2) is 0 Å². The molecule has 0 spiro atoms. The van der Waals surface area contributed by atoms with Gasteiger partial charge in [-0.3, -0.25) is 14.6 Å². The predicted molar refractivity (Wildman–Crippen MR) is 147 cm³/mol. The predicted octanol–water partition coefficient (Wildman–Crippen LogP) is 6.04. The summed E-state index contributed by atoms with van der Waals surface area (Å²) in [6.45, 7) is 2.47. The van der Waals surface area contributed by atoms with E-state index < -0.39 is 17.3 Å². The Kier molecular flexibility index (Phi) is 5.08. The lowest BCUT2D eigenvalue weighted by molar-refractivity contribution is -0.122. The third kappa shape index (κ3) is 3.02. The Morgan fingerprint density at radius 2 is 1.39 bits per heavy atom. The van der Waals surface area contributed by atoms with E-state index in [1.165, 1.54) is 4.90 Å². The molecule has 4 aromatic rings. The lowest BCUT2D eigenvalue weighted by atomic mass is 9.47. The monoisotopic (exact) mass is 498 g/mol. The van der Waals surface area contributed by atoms with Crippen molar-refractivity contribution < 1.29 is 14.3 Å². The highest BCUT2D eigenvalue weighted by atomic mass is 16.5. The van der Waals surface area contributed by atoms with Crippen LogP contribution in [0.5, 0.6) is 5.75 Å². The molecule has 1 heterocycles. The molecule has 4 aromatic carbocycles. The maximum atomic E-state index is 14.4. The van der Waals surface area contributed by atoms with E-state index in [0.29, 0.717) is 18.0 Å². The van der Waals surface area contributed by atoms with Crippen LogP contribution < -0.4 is 9.64 Å². The number of carbonyl (C=O) groups is 2. The number of imide groups is 1. The first-order valence-electron chi connectivity index (χ1n) is 13.0. The van der Waals surface area contributed by atoms with Gasteiger partial charge in [0, 0.05) is 12.1 Å². The Labute approximate surface area is 221 Å². The number of hydrogen-bond donors (Lipinski definition) is 0. The number of aliphatic imine (C=N–C) groups is 1. The zero-order chi connectivity index (χ0) is 25.9. The van der Waals surface area contributed by atoms with Gasteiger partial charge in [0.25, 0.3) is 0 Å². The van der Waals surface area contributed by atoms with E-state index in [0.717, 1.165) is 27.9 Å². The summed E-state index contributed by atoms with van der Waals surface area (Å²) in [5.41, 5.74) is 4.82. The molecule has 8 rings (SSSR count). The highest BCUT2D eigenvalue weighted by molar-refractivity contribution is 6.25. The Morgan fingerprint density at radius 3 is 2.03 bits per heavy atom. The molecule has 1 saturated heterocycles. The van der Waals surface area contributed by atoms with Gasteiger partial charge in [0.05, 0.1) is 35.2 Å². The van der Waals surface area contributed by atoms with E-state index in [2.05, 4.69) is 24.3 Å². The molecule has 2 atom stereocenters. The molecule has 0 aromatic heterocycles. The number of benzene rings is 4. The van der Waals surface area contributed by atoms with Crippen LogP contribution in [0.25, 0.3) is 0 Å². The lowest BCUT2D eigenvalue weighted by Gasteiger charge is -2.52. The van der Waals surface area contributed by atoms with Crippen LogP contribution in [-0.2, 0) is 15.0 Å². The quantitative estimate of drug-likeness (QED) is 0.249. The van der Waals surface area contributed by atoms with Crippen LogP contribution in [0.3, 0.4) is 0 Å². The molecule has 0 saturated carbocycles. The Balaban J connectivity index is 1.45. The molecule has 0 N–H and O–H groups in total. The molecule has 5 nitrogen and oxygen atoms in total. The van der Waals surface area contributed by atoms with Crippen LogP contribution in [0.2, 0.25) is 0 Å². The van der Waals surface area contributed by atoms with Crippen LogP contribution >= 0.6 is 0 Å². The normalized spacial score (nSPS) is 24.9. The minimum Gasteiger partial charge on any atom is -0.494 e. The molecule has 5 heteroatoms. The van der Waals surface area contributed by atoms with Gasteiger partial charge in [-0.05, 0) is 65.6 Å². The second-order valence-electron chi connectivity index (χ2n) is 10.1. The van der Waals surface area contributed by atoms with E-state index in [9.17, 15) is 9.59 Å². The number of rotatable bonds is 5. The van der Waals surface area contributed by atoms with E-state index >= 15 is 0 Å². The van der Waals surface area contributed by atoms with Crippen molar-refractivity contribution in [2.45, 2.75) is 18.3 Å². The van der Waals surface area contributed by atoms with Gasteiger partial charge in [-0.1, -0.05) is 66.7 Å². The zero-order valence-corrected chi connectivity index (χ0v) is 21.0. The standard InChI is InChI=1S/C33H26N2O3/c1-2-38-23-18-16-22(17-19-23)35-31(36)29-28-24-12-6-8-14-26(24)33(30(29)32(35)37,27-15-9-7-13-25(27)28)20-34-21-10-4-3-5-11-21/h3-20,28-30H,2H2,1H3/t28?,29-,30+,33?/m0/s1. The molecule has 3 aliphatic carbocycles. The molecule has 0 unspecified atom stereocenters. The summed E-state index contributed by atoms with van der Waals surface area (Å²) in [5, 5.41) is 0. The van der Waals surface area contributed by atoms with Crippen LogP contribution in [0, 0.1) is 11.8 Å². The Hall–Kier alpha value is -4.51. The van der Waals surface area contributed by atoms with Gasteiger partial charge in [0.1, 0.15) is 5.75 Å². The third-order valence-electron chi connectivity index (χ3n) is 8.26. The molecule has 186 valence electrons. The minimum absolute atomic E-state index is 0.157. The number of amides is 2. The van der Waals surface area contributed by atoms with Crippen molar-refractivity contribution >= 4 is 29.4 Å². The van der Waals surface area contributed by atoms with Gasteiger partial charge in [-0.15, -0.1) is 0 Å². The molecule has 2 amide bonds. The summed E-state index contributed by atoms with van der Waals surface area (Å²) >= 11 is 0. The average Bonchev–Trinajstić information content (AvgIpc) is 3.24. The fourth-order valence-electron chi connectivity index (χ4n) is 6.85. The molecule has 38 heavy (non-hydrogen) atoms. The summed E-state index contributed by atoms with van der Waals surface area (Å²) < 4.78 is 5.58. The first-order chi connectivity index (χ1) is 18.6. The molecule has 0 radical (unpaired) electrons. The van der Waals surface area contributed by atoms with Crippen molar-refractivity contribution in [3.8, 4) is 5.75 Å². The molecule has 1 fully saturated rings. The Bertz CT molecular complexity index is 1540. The number of hydrogen-bond acceptors (Lipinski definition) is 4. The number of anilines is 1. The maximum Gasteiger partial charge on any atom is 0.239 e. The number of ether oxygens (including phenoxy) is 1. The summed E-state index contributed by atoms with van der Waals surface area (Å²) in [6, 6.07) is 33.4. The fourth-order valence-corrected chi connectivity index (χ4v) is 6.85. The molecular weight excluding hydrogens is 472 g/mol. The van der Waals surface area contributed by atoms with E-state index in [1.807, 2.05) is 79.9 Å². The van der Waals surface area contributed by atoms with E-state index in [1.54, 1.807) is 12.1 Å². The maximum absolute atomic E-state index is 14.4. The molecular formula is C33H26N2O3. The van der Waals surface area contributed by atoms with E-state index in [4.69, 9.17) is 9.73 Å². The molecule has 1 aliphatic heterocycles. The van der Waals surface area contributed by atoms with Gasteiger partial charge in [-0.25, -0.2) is 4.90 Å². The van der Waals surface area contributed by atoms with Crippen molar-refractivity contribution in [2.24, 2.45) is 16.8 Å². The van der Waals surface area contributed by atoms with Gasteiger partial charge >= 0.3 is 0 Å².